The highest BCUT2D eigenvalue weighted by Crippen LogP contribution is 2.21. The van der Waals surface area contributed by atoms with Gasteiger partial charge in [0.1, 0.15) is 12.1 Å². The average molecular weight is 402 g/mol. The van der Waals surface area contributed by atoms with Crippen LogP contribution >= 0.6 is 0 Å². The van der Waals surface area contributed by atoms with Crippen LogP contribution in [0.1, 0.15) is 28.9 Å². The number of nitrogens with zero attached hydrogens (tertiary/aromatic N) is 4. The van der Waals surface area contributed by atoms with E-state index in [4.69, 9.17) is 5.11 Å². The summed E-state index contributed by atoms with van der Waals surface area (Å²) in [5.41, 5.74) is 3.13. The Morgan fingerprint density at radius 3 is 2.80 bits per heavy atom. The molecule has 4 rings (SSSR count). The van der Waals surface area contributed by atoms with Crippen molar-refractivity contribution >= 4 is 22.8 Å². The Kier molecular flexibility index (Phi) is 5.67. The summed E-state index contributed by atoms with van der Waals surface area (Å²) in [6, 6.07) is 15.5. The normalized spacial score (nSPS) is 11.9. The van der Waals surface area contributed by atoms with E-state index in [2.05, 4.69) is 44.6 Å². The second-order valence-electron chi connectivity index (χ2n) is 6.84. The SMILES string of the molecule is CC(Nc1cncc(-n2cnc3cc(C(=O)NCCO)ccc32)n1)c1ccccc1. The second kappa shape index (κ2) is 8.71. The van der Waals surface area contributed by atoms with Gasteiger partial charge in [0.2, 0.25) is 0 Å². The Bertz CT molecular complexity index is 1160. The summed E-state index contributed by atoms with van der Waals surface area (Å²) in [6.07, 6.45) is 5.02. The van der Waals surface area contributed by atoms with Gasteiger partial charge in [0.05, 0.1) is 30.0 Å². The van der Waals surface area contributed by atoms with E-state index >= 15 is 0 Å². The topological polar surface area (TPSA) is 105 Å². The van der Waals surface area contributed by atoms with Crippen molar-refractivity contribution in [3.63, 3.8) is 0 Å². The molecule has 1 amide bonds. The number of anilines is 1. The fraction of sp³-hybridized carbons (Fsp3) is 0.182. The molecule has 1 unspecified atom stereocenters. The molecule has 0 aliphatic rings. The molecule has 1 atom stereocenters. The molecule has 0 saturated carbocycles. The first-order valence-corrected chi connectivity index (χ1v) is 9.66. The van der Waals surface area contributed by atoms with Gasteiger partial charge >= 0.3 is 0 Å². The summed E-state index contributed by atoms with van der Waals surface area (Å²) in [4.78, 5) is 25.5. The van der Waals surface area contributed by atoms with Crippen LogP contribution in [0.15, 0.2) is 67.3 Å². The molecule has 0 saturated heterocycles. The number of fused-ring (bicyclic) bond motifs is 1. The molecule has 8 nitrogen and oxygen atoms in total. The number of hydrogen-bond acceptors (Lipinski definition) is 6. The molecular formula is C22H22N6O2. The fourth-order valence-electron chi connectivity index (χ4n) is 3.20. The lowest BCUT2D eigenvalue weighted by Gasteiger charge is -2.15. The molecule has 30 heavy (non-hydrogen) atoms. The number of amides is 1. The van der Waals surface area contributed by atoms with Crippen LogP contribution in [0.5, 0.6) is 0 Å². The van der Waals surface area contributed by atoms with Gasteiger partial charge in [-0.2, -0.15) is 0 Å². The van der Waals surface area contributed by atoms with Crippen molar-refractivity contribution in [3.8, 4) is 5.82 Å². The number of carbonyl (C=O) groups is 1. The summed E-state index contributed by atoms with van der Waals surface area (Å²) in [7, 11) is 0. The number of carbonyl (C=O) groups excluding carboxylic acids is 1. The van der Waals surface area contributed by atoms with E-state index in [9.17, 15) is 4.79 Å². The molecule has 0 radical (unpaired) electrons. The van der Waals surface area contributed by atoms with Gasteiger partial charge in [-0.15, -0.1) is 0 Å². The lowest BCUT2D eigenvalue weighted by Crippen LogP contribution is -2.26. The predicted octanol–water partition coefficient (Wildman–Crippen LogP) is 2.71. The van der Waals surface area contributed by atoms with E-state index in [-0.39, 0.29) is 25.1 Å². The third kappa shape index (κ3) is 4.13. The van der Waals surface area contributed by atoms with Crippen molar-refractivity contribution < 1.29 is 9.90 Å². The number of aliphatic hydroxyl groups excluding tert-OH is 1. The first-order valence-electron chi connectivity index (χ1n) is 9.66. The molecule has 0 spiro atoms. The van der Waals surface area contributed by atoms with Gasteiger partial charge in [0.15, 0.2) is 5.82 Å². The minimum atomic E-state index is -0.249. The lowest BCUT2D eigenvalue weighted by molar-refractivity contribution is 0.0945. The number of benzene rings is 2. The Hall–Kier alpha value is -3.78. The zero-order valence-electron chi connectivity index (χ0n) is 16.5. The van der Waals surface area contributed by atoms with Gasteiger partial charge in [0, 0.05) is 18.2 Å². The highest BCUT2D eigenvalue weighted by Gasteiger charge is 2.12. The molecular weight excluding hydrogens is 380 g/mol. The molecule has 2 aromatic carbocycles. The van der Waals surface area contributed by atoms with Gasteiger partial charge in [-0.3, -0.25) is 14.3 Å². The maximum atomic E-state index is 12.1. The number of nitrogens with one attached hydrogen (secondary N) is 2. The second-order valence-corrected chi connectivity index (χ2v) is 6.84. The molecule has 0 aliphatic heterocycles. The Morgan fingerprint density at radius 2 is 2.00 bits per heavy atom. The molecule has 2 heterocycles. The van der Waals surface area contributed by atoms with Crippen LogP contribution in [0.2, 0.25) is 0 Å². The Balaban J connectivity index is 1.58. The average Bonchev–Trinajstić information content (AvgIpc) is 3.21. The van der Waals surface area contributed by atoms with E-state index in [1.165, 1.54) is 0 Å². The Labute approximate surface area is 173 Å². The maximum absolute atomic E-state index is 12.1. The van der Waals surface area contributed by atoms with Crippen molar-refractivity contribution in [3.05, 3.63) is 78.4 Å². The monoisotopic (exact) mass is 402 g/mol. The van der Waals surface area contributed by atoms with Crippen LogP contribution in [0, 0.1) is 0 Å². The molecule has 3 N–H and O–H groups in total. The summed E-state index contributed by atoms with van der Waals surface area (Å²) < 4.78 is 1.83. The summed E-state index contributed by atoms with van der Waals surface area (Å²) in [5.74, 6) is 1.03. The number of rotatable bonds is 7. The standard InChI is InChI=1S/C22H22N6O2/c1-15(16-5-3-2-4-6-16)26-20-12-23-13-21(27-20)28-14-25-18-11-17(7-8-19(18)28)22(30)24-9-10-29/h2-8,11-15,29H,9-10H2,1H3,(H,24,30)(H,26,27). The van der Waals surface area contributed by atoms with Crippen LogP contribution in [-0.4, -0.2) is 43.7 Å². The maximum Gasteiger partial charge on any atom is 0.251 e. The minimum absolute atomic E-state index is 0.0790. The summed E-state index contributed by atoms with van der Waals surface area (Å²) in [5, 5.41) is 14.9. The highest BCUT2D eigenvalue weighted by molar-refractivity contribution is 5.97. The molecule has 2 aromatic heterocycles. The highest BCUT2D eigenvalue weighted by atomic mass is 16.3. The van der Waals surface area contributed by atoms with Crippen LogP contribution in [0.3, 0.4) is 0 Å². The Morgan fingerprint density at radius 1 is 1.17 bits per heavy atom. The zero-order valence-corrected chi connectivity index (χ0v) is 16.5. The van der Waals surface area contributed by atoms with Gasteiger partial charge in [-0.05, 0) is 30.7 Å². The first kappa shape index (κ1) is 19.5. The van der Waals surface area contributed by atoms with Crippen molar-refractivity contribution in [2.75, 3.05) is 18.5 Å². The molecule has 0 bridgehead atoms. The third-order valence-corrected chi connectivity index (χ3v) is 4.74. The summed E-state index contributed by atoms with van der Waals surface area (Å²) in [6.45, 7) is 2.18. The third-order valence-electron chi connectivity index (χ3n) is 4.74. The van der Waals surface area contributed by atoms with E-state index in [0.717, 1.165) is 11.1 Å². The van der Waals surface area contributed by atoms with E-state index in [0.29, 0.717) is 22.7 Å². The zero-order chi connectivity index (χ0) is 20.9. The largest absolute Gasteiger partial charge is 0.395 e. The van der Waals surface area contributed by atoms with Crippen LogP contribution in [0.25, 0.3) is 16.9 Å². The van der Waals surface area contributed by atoms with Crippen LogP contribution in [0.4, 0.5) is 5.82 Å². The van der Waals surface area contributed by atoms with Gasteiger partial charge in [-0.1, -0.05) is 30.3 Å². The number of aliphatic hydroxyl groups is 1. The van der Waals surface area contributed by atoms with E-state index in [1.54, 1.807) is 30.9 Å². The molecule has 8 heteroatoms. The molecule has 152 valence electrons. The van der Waals surface area contributed by atoms with Crippen molar-refractivity contribution in [2.45, 2.75) is 13.0 Å². The summed E-state index contributed by atoms with van der Waals surface area (Å²) >= 11 is 0. The smallest absolute Gasteiger partial charge is 0.251 e. The van der Waals surface area contributed by atoms with E-state index in [1.807, 2.05) is 28.8 Å². The van der Waals surface area contributed by atoms with Crippen molar-refractivity contribution in [1.29, 1.82) is 0 Å². The van der Waals surface area contributed by atoms with E-state index < -0.39 is 0 Å². The molecule has 0 fully saturated rings. The predicted molar refractivity (Wildman–Crippen MR) is 115 cm³/mol. The molecule has 4 aromatic rings. The number of hydrogen-bond donors (Lipinski definition) is 3. The molecule has 0 aliphatic carbocycles. The number of imidazole rings is 1. The van der Waals surface area contributed by atoms with Gasteiger partial charge in [-0.25, -0.2) is 9.97 Å². The number of aromatic nitrogens is 4. The van der Waals surface area contributed by atoms with Crippen LogP contribution in [-0.2, 0) is 0 Å². The van der Waals surface area contributed by atoms with Crippen molar-refractivity contribution in [2.24, 2.45) is 0 Å². The minimum Gasteiger partial charge on any atom is -0.395 e. The lowest BCUT2D eigenvalue weighted by atomic mass is 10.1. The first-order chi connectivity index (χ1) is 14.7. The quantitative estimate of drug-likeness (QED) is 0.439. The van der Waals surface area contributed by atoms with Crippen LogP contribution < -0.4 is 10.6 Å². The van der Waals surface area contributed by atoms with Gasteiger partial charge < -0.3 is 15.7 Å². The fourth-order valence-corrected chi connectivity index (χ4v) is 3.20. The van der Waals surface area contributed by atoms with Crippen molar-refractivity contribution in [1.82, 2.24) is 24.8 Å². The van der Waals surface area contributed by atoms with Gasteiger partial charge in [0.25, 0.3) is 5.91 Å².